The van der Waals surface area contributed by atoms with Gasteiger partial charge in [0.2, 0.25) is 5.91 Å². The average molecular weight is 324 g/mol. The Kier molecular flexibility index (Phi) is 4.51. The Morgan fingerprint density at radius 2 is 1.92 bits per heavy atom. The molecular formula is C19H20N2O3. The van der Waals surface area contributed by atoms with Crippen LogP contribution in [0.15, 0.2) is 36.4 Å². The zero-order valence-corrected chi connectivity index (χ0v) is 13.8. The third-order valence-corrected chi connectivity index (χ3v) is 4.04. The normalized spacial score (nSPS) is 13.0. The van der Waals surface area contributed by atoms with E-state index >= 15 is 0 Å². The van der Waals surface area contributed by atoms with Gasteiger partial charge in [-0.05, 0) is 55.2 Å². The van der Waals surface area contributed by atoms with E-state index in [0.29, 0.717) is 18.5 Å². The predicted molar refractivity (Wildman–Crippen MR) is 93.4 cm³/mol. The first kappa shape index (κ1) is 16.1. The van der Waals surface area contributed by atoms with Gasteiger partial charge in [0.05, 0.1) is 0 Å². The van der Waals surface area contributed by atoms with E-state index in [4.69, 9.17) is 4.74 Å². The number of benzene rings is 2. The summed E-state index contributed by atoms with van der Waals surface area (Å²) in [6.07, 6.45) is 1.16. The van der Waals surface area contributed by atoms with Crippen LogP contribution in [0.5, 0.6) is 5.75 Å². The van der Waals surface area contributed by atoms with Crippen molar-refractivity contribution in [3.8, 4) is 5.75 Å². The van der Waals surface area contributed by atoms with E-state index in [1.54, 1.807) is 6.07 Å². The molecule has 5 heteroatoms. The molecule has 124 valence electrons. The number of carbonyl (C=O) groups excluding carboxylic acids is 2. The van der Waals surface area contributed by atoms with Crippen LogP contribution >= 0.6 is 0 Å². The monoisotopic (exact) mass is 324 g/mol. The zero-order valence-electron chi connectivity index (χ0n) is 13.8. The Bertz CT molecular complexity index is 779. The van der Waals surface area contributed by atoms with Crippen molar-refractivity contribution in [2.75, 3.05) is 17.2 Å². The number of carbonyl (C=O) groups is 2. The highest BCUT2D eigenvalue weighted by Crippen LogP contribution is 2.26. The molecule has 3 rings (SSSR count). The van der Waals surface area contributed by atoms with Gasteiger partial charge in [0.15, 0.2) is 6.61 Å². The van der Waals surface area contributed by atoms with E-state index < -0.39 is 0 Å². The molecule has 0 aliphatic carbocycles. The van der Waals surface area contributed by atoms with E-state index in [-0.39, 0.29) is 18.4 Å². The number of para-hydroxylation sites is 1. The summed E-state index contributed by atoms with van der Waals surface area (Å²) in [7, 11) is 0. The molecule has 0 saturated carbocycles. The van der Waals surface area contributed by atoms with Gasteiger partial charge in [-0.3, -0.25) is 9.59 Å². The quantitative estimate of drug-likeness (QED) is 0.907. The Balaban J connectivity index is 1.62. The molecule has 0 spiro atoms. The molecule has 0 saturated heterocycles. The van der Waals surface area contributed by atoms with Crippen molar-refractivity contribution in [3.63, 3.8) is 0 Å². The molecule has 0 bridgehead atoms. The Morgan fingerprint density at radius 1 is 1.17 bits per heavy atom. The van der Waals surface area contributed by atoms with Crippen LogP contribution in [0, 0.1) is 13.8 Å². The highest BCUT2D eigenvalue weighted by atomic mass is 16.5. The van der Waals surface area contributed by atoms with Crippen molar-refractivity contribution in [1.82, 2.24) is 0 Å². The summed E-state index contributed by atoms with van der Waals surface area (Å²) in [4.78, 5) is 23.5. The molecule has 2 N–H and O–H groups in total. The average Bonchev–Trinajstić information content (AvgIpc) is 2.54. The molecule has 2 aromatic rings. The molecule has 0 unspecified atom stereocenters. The van der Waals surface area contributed by atoms with Crippen LogP contribution in [-0.2, 0) is 16.0 Å². The molecule has 0 atom stereocenters. The number of ether oxygens (including phenoxy) is 1. The van der Waals surface area contributed by atoms with Gasteiger partial charge in [-0.25, -0.2) is 0 Å². The van der Waals surface area contributed by atoms with Crippen molar-refractivity contribution in [1.29, 1.82) is 0 Å². The lowest BCUT2D eigenvalue weighted by Gasteiger charge is -2.18. The largest absolute Gasteiger partial charge is 0.483 e. The number of nitrogens with one attached hydrogen (secondary N) is 2. The molecular weight excluding hydrogens is 304 g/mol. The number of anilines is 2. The summed E-state index contributed by atoms with van der Waals surface area (Å²) in [5, 5.41) is 5.66. The van der Waals surface area contributed by atoms with Gasteiger partial charge < -0.3 is 15.4 Å². The summed E-state index contributed by atoms with van der Waals surface area (Å²) in [6.45, 7) is 3.87. The highest BCUT2D eigenvalue weighted by Gasteiger charge is 2.15. The van der Waals surface area contributed by atoms with Crippen LogP contribution in [0.1, 0.15) is 23.1 Å². The van der Waals surface area contributed by atoms with Crippen molar-refractivity contribution >= 4 is 23.2 Å². The van der Waals surface area contributed by atoms with E-state index in [9.17, 15) is 9.59 Å². The Hall–Kier alpha value is -2.82. The molecule has 1 aliphatic rings. The van der Waals surface area contributed by atoms with Crippen LogP contribution in [0.25, 0.3) is 0 Å². The number of aryl methyl sites for hydroxylation is 3. The summed E-state index contributed by atoms with van der Waals surface area (Å²) in [6, 6.07) is 11.4. The van der Waals surface area contributed by atoms with Gasteiger partial charge in [0.25, 0.3) is 5.91 Å². The fourth-order valence-corrected chi connectivity index (χ4v) is 2.82. The number of amides is 2. The van der Waals surface area contributed by atoms with Crippen LogP contribution in [0.4, 0.5) is 11.4 Å². The molecule has 24 heavy (non-hydrogen) atoms. The minimum absolute atomic E-state index is 0.0290. The van der Waals surface area contributed by atoms with Gasteiger partial charge in [0.1, 0.15) is 5.75 Å². The highest BCUT2D eigenvalue weighted by molar-refractivity contribution is 5.96. The van der Waals surface area contributed by atoms with Crippen molar-refractivity contribution in [2.45, 2.75) is 26.7 Å². The smallest absolute Gasteiger partial charge is 0.262 e. The van der Waals surface area contributed by atoms with E-state index in [2.05, 4.69) is 10.6 Å². The third kappa shape index (κ3) is 3.56. The van der Waals surface area contributed by atoms with Crippen LogP contribution in [0.3, 0.4) is 0 Å². The van der Waals surface area contributed by atoms with Gasteiger partial charge in [-0.15, -0.1) is 0 Å². The SMILES string of the molecule is Cc1cccc(C)c1OCC(=O)Nc1ccc2c(c1)CCC(=O)N2. The van der Waals surface area contributed by atoms with Crippen molar-refractivity contribution in [3.05, 3.63) is 53.1 Å². The Labute approximate surface area is 141 Å². The van der Waals surface area contributed by atoms with Crippen molar-refractivity contribution < 1.29 is 14.3 Å². The number of rotatable bonds is 4. The first-order valence-electron chi connectivity index (χ1n) is 7.94. The molecule has 2 aromatic carbocycles. The second kappa shape index (κ2) is 6.74. The van der Waals surface area contributed by atoms with Crippen molar-refractivity contribution in [2.24, 2.45) is 0 Å². The lowest BCUT2D eigenvalue weighted by Crippen LogP contribution is -2.22. The fourth-order valence-electron chi connectivity index (χ4n) is 2.82. The van der Waals surface area contributed by atoms with Gasteiger partial charge in [0, 0.05) is 17.8 Å². The molecule has 0 aromatic heterocycles. The number of hydrogen-bond donors (Lipinski definition) is 2. The maximum Gasteiger partial charge on any atom is 0.262 e. The van der Waals surface area contributed by atoms with Crippen LogP contribution in [-0.4, -0.2) is 18.4 Å². The predicted octanol–water partition coefficient (Wildman–Crippen LogP) is 3.21. The van der Waals surface area contributed by atoms with E-state index in [0.717, 1.165) is 28.1 Å². The Morgan fingerprint density at radius 3 is 2.67 bits per heavy atom. The first-order valence-corrected chi connectivity index (χ1v) is 7.94. The van der Waals surface area contributed by atoms with E-state index in [1.807, 2.05) is 44.2 Å². The van der Waals surface area contributed by atoms with Gasteiger partial charge in [-0.2, -0.15) is 0 Å². The van der Waals surface area contributed by atoms with E-state index in [1.165, 1.54) is 0 Å². The zero-order chi connectivity index (χ0) is 17.1. The van der Waals surface area contributed by atoms with Crippen LogP contribution < -0.4 is 15.4 Å². The maximum atomic E-state index is 12.1. The second-order valence-electron chi connectivity index (χ2n) is 5.98. The fraction of sp³-hybridized carbons (Fsp3) is 0.263. The molecule has 0 radical (unpaired) electrons. The minimum Gasteiger partial charge on any atom is -0.483 e. The molecule has 2 amide bonds. The summed E-state index contributed by atoms with van der Waals surface area (Å²) in [5.74, 6) is 0.569. The van der Waals surface area contributed by atoms with Crippen LogP contribution in [0.2, 0.25) is 0 Å². The van der Waals surface area contributed by atoms with Gasteiger partial charge in [-0.1, -0.05) is 18.2 Å². The third-order valence-electron chi connectivity index (χ3n) is 4.04. The molecule has 5 nitrogen and oxygen atoms in total. The number of hydrogen-bond acceptors (Lipinski definition) is 3. The standard InChI is InChI=1S/C19H20N2O3/c1-12-4-3-5-13(2)19(12)24-11-18(23)20-15-7-8-16-14(10-15)6-9-17(22)21-16/h3-5,7-8,10H,6,9,11H2,1-2H3,(H,20,23)(H,21,22). The summed E-state index contributed by atoms with van der Waals surface area (Å²) < 4.78 is 5.66. The lowest BCUT2D eigenvalue weighted by molar-refractivity contribution is -0.118. The number of fused-ring (bicyclic) bond motifs is 1. The molecule has 1 aliphatic heterocycles. The second-order valence-corrected chi connectivity index (χ2v) is 5.98. The molecule has 0 fully saturated rings. The summed E-state index contributed by atoms with van der Waals surface area (Å²) in [5.41, 5.74) is 4.57. The first-order chi connectivity index (χ1) is 11.5. The lowest BCUT2D eigenvalue weighted by atomic mass is 10.0. The maximum absolute atomic E-state index is 12.1. The molecule has 1 heterocycles. The topological polar surface area (TPSA) is 67.4 Å². The minimum atomic E-state index is -0.211. The summed E-state index contributed by atoms with van der Waals surface area (Å²) >= 11 is 0. The van der Waals surface area contributed by atoms with Gasteiger partial charge >= 0.3 is 0 Å².